The van der Waals surface area contributed by atoms with Crippen molar-refractivity contribution in [3.05, 3.63) is 52.3 Å². The number of amides is 1. The third kappa shape index (κ3) is 5.33. The van der Waals surface area contributed by atoms with Crippen molar-refractivity contribution in [1.82, 2.24) is 24.9 Å². The molecule has 3 aromatic rings. The van der Waals surface area contributed by atoms with E-state index in [1.807, 2.05) is 13.8 Å². The number of aryl methyl sites for hydroxylation is 3. The van der Waals surface area contributed by atoms with E-state index in [1.165, 1.54) is 22.9 Å². The van der Waals surface area contributed by atoms with Crippen LogP contribution in [0.4, 0.5) is 0 Å². The van der Waals surface area contributed by atoms with Gasteiger partial charge in [0.15, 0.2) is 0 Å². The lowest BCUT2D eigenvalue weighted by molar-refractivity contribution is -0.118. The molecule has 3 rings (SSSR count). The van der Waals surface area contributed by atoms with Crippen molar-refractivity contribution in [2.24, 2.45) is 0 Å². The highest BCUT2D eigenvalue weighted by atomic mass is 32.2. The van der Waals surface area contributed by atoms with Crippen LogP contribution in [0.25, 0.3) is 5.78 Å². The van der Waals surface area contributed by atoms with Gasteiger partial charge in [0.25, 0.3) is 5.78 Å². The number of nitrogens with zero attached hydrogens (tertiary/aromatic N) is 4. The van der Waals surface area contributed by atoms with Crippen molar-refractivity contribution in [3.8, 4) is 0 Å². The molecule has 0 radical (unpaired) electrons. The zero-order valence-corrected chi connectivity index (χ0v) is 18.2. The lowest BCUT2D eigenvalue weighted by Gasteiger charge is -2.11. The summed E-state index contributed by atoms with van der Waals surface area (Å²) in [5.74, 6) is 0.806. The summed E-state index contributed by atoms with van der Waals surface area (Å²) in [4.78, 5) is 21.1. The fourth-order valence-electron chi connectivity index (χ4n) is 3.13. The lowest BCUT2D eigenvalue weighted by atomic mass is 9.99. The zero-order valence-electron chi connectivity index (χ0n) is 17.4. The van der Waals surface area contributed by atoms with Crippen molar-refractivity contribution in [1.29, 1.82) is 0 Å². The van der Waals surface area contributed by atoms with E-state index in [2.05, 4.69) is 51.6 Å². The van der Waals surface area contributed by atoms with Crippen LogP contribution in [0.5, 0.6) is 0 Å². The van der Waals surface area contributed by atoms with Gasteiger partial charge in [-0.25, -0.2) is 9.50 Å². The summed E-state index contributed by atoms with van der Waals surface area (Å²) in [7, 11) is 1.65. The Balaban J connectivity index is 1.72. The van der Waals surface area contributed by atoms with E-state index in [-0.39, 0.29) is 11.7 Å². The molecule has 1 aromatic carbocycles. The number of aromatic nitrogens is 4. The van der Waals surface area contributed by atoms with Gasteiger partial charge in [-0.1, -0.05) is 36.0 Å². The summed E-state index contributed by atoms with van der Waals surface area (Å²) >= 11 is 1.32. The molecular formula is C21H27N5O2S. The van der Waals surface area contributed by atoms with Crippen molar-refractivity contribution < 1.29 is 9.53 Å². The number of rotatable bonds is 9. The number of methoxy groups -OCH3 is 1. The molecule has 0 bridgehead atoms. The van der Waals surface area contributed by atoms with Crippen LogP contribution in [-0.2, 0) is 16.0 Å². The fraction of sp³-hybridized carbons (Fsp3) is 0.429. The molecule has 7 nitrogen and oxygen atoms in total. The molecule has 29 heavy (non-hydrogen) atoms. The first-order valence-corrected chi connectivity index (χ1v) is 10.6. The maximum Gasteiger partial charge on any atom is 0.253 e. The first kappa shape index (κ1) is 21.3. The van der Waals surface area contributed by atoms with Gasteiger partial charge in [-0.3, -0.25) is 4.79 Å². The van der Waals surface area contributed by atoms with Crippen molar-refractivity contribution >= 4 is 23.4 Å². The van der Waals surface area contributed by atoms with Gasteiger partial charge in [0.05, 0.1) is 5.75 Å². The van der Waals surface area contributed by atoms with Crippen LogP contribution in [0.1, 0.15) is 34.5 Å². The van der Waals surface area contributed by atoms with Crippen LogP contribution in [-0.4, -0.2) is 51.5 Å². The quantitative estimate of drug-likeness (QED) is 0.429. The second-order valence-corrected chi connectivity index (χ2v) is 7.90. The van der Waals surface area contributed by atoms with Gasteiger partial charge in [0.1, 0.15) is 0 Å². The predicted octanol–water partition coefficient (Wildman–Crippen LogP) is 2.89. The largest absolute Gasteiger partial charge is 0.385 e. The molecule has 8 heteroatoms. The second-order valence-electron chi connectivity index (χ2n) is 6.96. The maximum atomic E-state index is 12.0. The SMILES string of the molecule is COCCCNC(=O)CSc1nc2nc(C)c(Cc3ccccc3C)c(C)n2n1. The lowest BCUT2D eigenvalue weighted by Crippen LogP contribution is -2.26. The molecule has 0 aliphatic rings. The predicted molar refractivity (Wildman–Crippen MR) is 114 cm³/mol. The number of hydrogen-bond donors (Lipinski definition) is 1. The summed E-state index contributed by atoms with van der Waals surface area (Å²) < 4.78 is 6.75. The molecule has 154 valence electrons. The molecule has 0 saturated heterocycles. The highest BCUT2D eigenvalue weighted by Crippen LogP contribution is 2.21. The van der Waals surface area contributed by atoms with Crippen LogP contribution in [0.2, 0.25) is 0 Å². The molecule has 0 atom stereocenters. The second kappa shape index (κ2) is 9.84. The molecule has 0 aliphatic carbocycles. The van der Waals surface area contributed by atoms with E-state index in [0.29, 0.717) is 24.1 Å². The number of fused-ring (bicyclic) bond motifs is 1. The first-order chi connectivity index (χ1) is 14.0. The van der Waals surface area contributed by atoms with Crippen molar-refractivity contribution in [2.45, 2.75) is 38.8 Å². The minimum Gasteiger partial charge on any atom is -0.385 e. The van der Waals surface area contributed by atoms with Crippen LogP contribution in [0.15, 0.2) is 29.4 Å². The summed E-state index contributed by atoms with van der Waals surface area (Å²) in [5, 5.41) is 7.99. The van der Waals surface area contributed by atoms with E-state index in [1.54, 1.807) is 11.6 Å². The van der Waals surface area contributed by atoms with Gasteiger partial charge in [-0.2, -0.15) is 4.98 Å². The number of carbonyl (C=O) groups is 1. The zero-order chi connectivity index (χ0) is 20.8. The molecule has 0 spiro atoms. The number of thioether (sulfide) groups is 1. The maximum absolute atomic E-state index is 12.0. The number of ether oxygens (including phenoxy) is 1. The van der Waals surface area contributed by atoms with Crippen LogP contribution < -0.4 is 5.32 Å². The van der Waals surface area contributed by atoms with Gasteiger partial charge >= 0.3 is 0 Å². The topological polar surface area (TPSA) is 81.4 Å². The standard InChI is InChI=1S/C21H27N5O2S/c1-14-8-5-6-9-17(14)12-18-15(2)23-20-24-21(25-26(20)16(18)3)29-13-19(27)22-10-7-11-28-4/h5-6,8-9H,7,10-13H2,1-4H3,(H,22,27). The number of nitrogens with one attached hydrogen (secondary N) is 1. The Bertz CT molecular complexity index is 1000. The van der Waals surface area contributed by atoms with E-state index >= 15 is 0 Å². The molecule has 1 N–H and O–H groups in total. The Morgan fingerprint density at radius 1 is 1.21 bits per heavy atom. The molecule has 0 fully saturated rings. The minimum atomic E-state index is -0.0361. The molecule has 0 saturated carbocycles. The van der Waals surface area contributed by atoms with Crippen molar-refractivity contribution in [2.75, 3.05) is 26.0 Å². The van der Waals surface area contributed by atoms with E-state index in [4.69, 9.17) is 4.74 Å². The van der Waals surface area contributed by atoms with E-state index < -0.39 is 0 Å². The van der Waals surface area contributed by atoms with Gasteiger partial charge in [-0.05, 0) is 43.9 Å². The highest BCUT2D eigenvalue weighted by Gasteiger charge is 2.15. The van der Waals surface area contributed by atoms with Gasteiger partial charge in [0.2, 0.25) is 11.1 Å². The average molecular weight is 414 g/mol. The average Bonchev–Trinajstić information content (AvgIpc) is 3.11. The van der Waals surface area contributed by atoms with Gasteiger partial charge < -0.3 is 10.1 Å². The molecule has 1 amide bonds. The smallest absolute Gasteiger partial charge is 0.253 e. The Morgan fingerprint density at radius 3 is 2.76 bits per heavy atom. The Labute approximate surface area is 175 Å². The number of carbonyl (C=O) groups excluding carboxylic acids is 1. The van der Waals surface area contributed by atoms with Crippen LogP contribution >= 0.6 is 11.8 Å². The summed E-state index contributed by atoms with van der Waals surface area (Å²) in [6, 6.07) is 8.38. The third-order valence-electron chi connectivity index (χ3n) is 4.84. The molecule has 2 aromatic heterocycles. The number of benzene rings is 1. The molecule has 0 aliphatic heterocycles. The normalized spacial score (nSPS) is 11.2. The van der Waals surface area contributed by atoms with Crippen LogP contribution in [0.3, 0.4) is 0 Å². The molecular weight excluding hydrogens is 386 g/mol. The van der Waals surface area contributed by atoms with E-state index in [9.17, 15) is 4.79 Å². The summed E-state index contributed by atoms with van der Waals surface area (Å²) in [5.41, 5.74) is 5.68. The molecule has 0 unspecified atom stereocenters. The van der Waals surface area contributed by atoms with Gasteiger partial charge in [0, 0.05) is 38.1 Å². The summed E-state index contributed by atoms with van der Waals surface area (Å²) in [6.45, 7) is 7.41. The fourth-order valence-corrected chi connectivity index (χ4v) is 3.78. The monoisotopic (exact) mass is 413 g/mol. The highest BCUT2D eigenvalue weighted by molar-refractivity contribution is 7.99. The summed E-state index contributed by atoms with van der Waals surface area (Å²) in [6.07, 6.45) is 1.60. The Hall–Kier alpha value is -2.45. The Kier molecular flexibility index (Phi) is 7.22. The first-order valence-electron chi connectivity index (χ1n) is 9.65. The minimum absolute atomic E-state index is 0.0361. The van der Waals surface area contributed by atoms with Crippen LogP contribution in [0, 0.1) is 20.8 Å². The third-order valence-corrected chi connectivity index (χ3v) is 5.68. The van der Waals surface area contributed by atoms with Gasteiger partial charge in [-0.15, -0.1) is 5.10 Å². The van der Waals surface area contributed by atoms with Crippen molar-refractivity contribution in [3.63, 3.8) is 0 Å². The molecule has 2 heterocycles. The number of hydrogen-bond acceptors (Lipinski definition) is 6. The Morgan fingerprint density at radius 2 is 2.00 bits per heavy atom. The van der Waals surface area contributed by atoms with E-state index in [0.717, 1.165) is 29.8 Å².